The van der Waals surface area contributed by atoms with Gasteiger partial charge in [-0.3, -0.25) is 0 Å². The number of aromatic hydroxyl groups is 1. The Bertz CT molecular complexity index is 2290. The molecule has 0 spiro atoms. The van der Waals surface area contributed by atoms with Gasteiger partial charge in [-0.15, -0.1) is 0 Å². The SMILES string of the molecule is Cc1cc(C(C)(C)c2cc(C)c(C(C)(C)Oc3cccc(Oc4c(C)cc(C(C)(C)c5cc(C)c(C(C)(C)O)c(C)c5)cc4C)c3C#N)c(C)c2)cc(C)c1O. The van der Waals surface area contributed by atoms with E-state index < -0.39 is 11.2 Å². The van der Waals surface area contributed by atoms with Gasteiger partial charge in [0.15, 0.2) is 0 Å². The van der Waals surface area contributed by atoms with E-state index in [0.29, 0.717) is 28.6 Å². The molecule has 5 nitrogen and oxygen atoms in total. The molecule has 0 aromatic heterocycles. The average Bonchev–Trinajstić information content (AvgIpc) is 3.06. The fourth-order valence-electron chi connectivity index (χ4n) is 8.91. The first kappa shape index (κ1) is 42.1. The van der Waals surface area contributed by atoms with Crippen LogP contribution in [0.25, 0.3) is 0 Å². The van der Waals surface area contributed by atoms with Gasteiger partial charge in [0.05, 0.1) is 5.60 Å². The number of benzene rings is 5. The van der Waals surface area contributed by atoms with Gasteiger partial charge in [-0.05, 0) is 168 Å². The Kier molecular flexibility index (Phi) is 11.1. The van der Waals surface area contributed by atoms with Gasteiger partial charge in [0.2, 0.25) is 0 Å². The molecular formula is C51H61NO4. The van der Waals surface area contributed by atoms with E-state index >= 15 is 0 Å². The molecule has 0 saturated heterocycles. The molecule has 0 aliphatic heterocycles. The first-order valence-electron chi connectivity index (χ1n) is 19.6. The molecule has 5 aromatic rings. The molecule has 0 atom stereocenters. The predicted octanol–water partition coefficient (Wildman–Crippen LogP) is 12.7. The van der Waals surface area contributed by atoms with Gasteiger partial charge in [-0.1, -0.05) is 82.3 Å². The van der Waals surface area contributed by atoms with Crippen LogP contribution >= 0.6 is 0 Å². The molecule has 5 rings (SSSR count). The van der Waals surface area contributed by atoms with Gasteiger partial charge in [-0.2, -0.15) is 5.26 Å². The summed E-state index contributed by atoms with van der Waals surface area (Å²) in [6.45, 7) is 33.0. The zero-order chi connectivity index (χ0) is 41.9. The normalized spacial score (nSPS) is 12.4. The zero-order valence-electron chi connectivity index (χ0n) is 36.5. The quantitative estimate of drug-likeness (QED) is 0.148. The second kappa shape index (κ2) is 14.8. The van der Waals surface area contributed by atoms with E-state index in [1.165, 1.54) is 11.1 Å². The molecule has 0 radical (unpaired) electrons. The third kappa shape index (κ3) is 7.82. The van der Waals surface area contributed by atoms with Crippen LogP contribution in [0.15, 0.2) is 66.7 Å². The van der Waals surface area contributed by atoms with Crippen LogP contribution in [0.5, 0.6) is 23.0 Å². The van der Waals surface area contributed by atoms with Crippen molar-refractivity contribution >= 4 is 0 Å². The molecule has 0 unspecified atom stereocenters. The molecule has 0 fully saturated rings. The summed E-state index contributed by atoms with van der Waals surface area (Å²) < 4.78 is 13.4. The van der Waals surface area contributed by atoms with Gasteiger partial charge in [0, 0.05) is 16.4 Å². The van der Waals surface area contributed by atoms with E-state index in [4.69, 9.17) is 9.47 Å². The zero-order valence-corrected chi connectivity index (χ0v) is 36.5. The minimum absolute atomic E-state index is 0.298. The van der Waals surface area contributed by atoms with Gasteiger partial charge in [0.25, 0.3) is 0 Å². The Morgan fingerprint density at radius 1 is 0.518 bits per heavy atom. The number of nitriles is 1. The van der Waals surface area contributed by atoms with Crippen molar-refractivity contribution in [2.75, 3.05) is 0 Å². The van der Waals surface area contributed by atoms with Crippen LogP contribution in [-0.4, -0.2) is 10.2 Å². The topological polar surface area (TPSA) is 82.7 Å². The van der Waals surface area contributed by atoms with Crippen molar-refractivity contribution in [3.05, 3.63) is 150 Å². The third-order valence-electron chi connectivity index (χ3n) is 11.8. The summed E-state index contributed by atoms with van der Waals surface area (Å²) in [6, 6.07) is 25.3. The molecule has 0 aliphatic carbocycles. The number of hydrogen-bond donors (Lipinski definition) is 2. The van der Waals surface area contributed by atoms with Crippen molar-refractivity contribution in [3.63, 3.8) is 0 Å². The number of aliphatic hydroxyl groups is 1. The lowest BCUT2D eigenvalue weighted by atomic mass is 9.74. The molecule has 5 heteroatoms. The van der Waals surface area contributed by atoms with Crippen LogP contribution in [0, 0.1) is 66.7 Å². The number of phenolic OH excluding ortho intramolecular Hbond substituents is 1. The standard InChI is InChI=1S/C51H61NO4/c1-29-20-37(21-30(2)44(29)50(13,14)54)49(11,12)40-26-35(7)47(36(8)27-40)55-42-18-17-19-43(41(42)28-52)56-51(15,16)45-31(3)22-38(23-32(45)4)48(9,10)39-24-33(5)46(53)34(6)25-39/h17-27,53-54H,1-16H3. The van der Waals surface area contributed by atoms with Crippen molar-refractivity contribution in [1.29, 1.82) is 5.26 Å². The Labute approximate surface area is 336 Å². The highest BCUT2D eigenvalue weighted by atomic mass is 16.5. The number of ether oxygens (including phenoxy) is 2. The summed E-state index contributed by atoms with van der Waals surface area (Å²) in [5.74, 6) is 1.96. The van der Waals surface area contributed by atoms with E-state index in [1.54, 1.807) is 0 Å². The maximum Gasteiger partial charge on any atom is 0.149 e. The summed E-state index contributed by atoms with van der Waals surface area (Å²) in [6.07, 6.45) is 0. The molecule has 0 heterocycles. The van der Waals surface area contributed by atoms with Gasteiger partial charge >= 0.3 is 0 Å². The minimum atomic E-state index is -0.917. The van der Waals surface area contributed by atoms with Crippen molar-refractivity contribution in [2.24, 2.45) is 0 Å². The largest absolute Gasteiger partial charge is 0.507 e. The molecular weight excluding hydrogens is 691 g/mol. The van der Waals surface area contributed by atoms with Crippen molar-refractivity contribution in [1.82, 2.24) is 0 Å². The number of phenols is 1. The van der Waals surface area contributed by atoms with E-state index in [0.717, 1.165) is 66.8 Å². The van der Waals surface area contributed by atoms with Gasteiger partial charge in [0.1, 0.15) is 40.2 Å². The van der Waals surface area contributed by atoms with E-state index in [2.05, 4.69) is 110 Å². The second-order valence-corrected chi connectivity index (χ2v) is 18.1. The van der Waals surface area contributed by atoms with Crippen LogP contribution < -0.4 is 9.47 Å². The molecule has 0 bridgehead atoms. The highest BCUT2D eigenvalue weighted by molar-refractivity contribution is 5.58. The minimum Gasteiger partial charge on any atom is -0.507 e. The Morgan fingerprint density at radius 2 is 0.875 bits per heavy atom. The Hall–Kier alpha value is -5.05. The monoisotopic (exact) mass is 751 g/mol. The number of hydrogen-bond acceptors (Lipinski definition) is 5. The molecule has 294 valence electrons. The first-order valence-corrected chi connectivity index (χ1v) is 19.6. The molecule has 56 heavy (non-hydrogen) atoms. The van der Waals surface area contributed by atoms with Crippen LogP contribution in [-0.2, 0) is 22.0 Å². The average molecular weight is 752 g/mol. The van der Waals surface area contributed by atoms with Crippen molar-refractivity contribution in [2.45, 2.75) is 133 Å². The molecule has 2 N–H and O–H groups in total. The highest BCUT2D eigenvalue weighted by Gasteiger charge is 2.33. The summed E-state index contributed by atoms with van der Waals surface area (Å²) in [5, 5.41) is 31.8. The summed E-state index contributed by atoms with van der Waals surface area (Å²) in [7, 11) is 0. The van der Waals surface area contributed by atoms with Crippen LogP contribution in [0.2, 0.25) is 0 Å². The van der Waals surface area contributed by atoms with E-state index in [-0.39, 0.29) is 10.8 Å². The maximum atomic E-state index is 10.8. The van der Waals surface area contributed by atoms with Crippen molar-refractivity contribution in [3.8, 4) is 29.1 Å². The van der Waals surface area contributed by atoms with E-state index in [9.17, 15) is 15.5 Å². The first-order chi connectivity index (χ1) is 25.8. The lowest BCUT2D eigenvalue weighted by molar-refractivity contribution is 0.0772. The molecule has 0 aliphatic rings. The van der Waals surface area contributed by atoms with E-state index in [1.807, 2.05) is 73.6 Å². The fourth-order valence-corrected chi connectivity index (χ4v) is 8.91. The summed E-state index contributed by atoms with van der Waals surface area (Å²) in [4.78, 5) is 0. The lowest BCUT2D eigenvalue weighted by Crippen LogP contribution is -2.29. The van der Waals surface area contributed by atoms with Crippen LogP contribution in [0.1, 0.15) is 139 Å². The highest BCUT2D eigenvalue weighted by Crippen LogP contribution is 2.43. The van der Waals surface area contributed by atoms with Crippen LogP contribution in [0.4, 0.5) is 0 Å². The molecule has 0 saturated carbocycles. The fraction of sp³-hybridized carbons (Fsp3) is 0.392. The second-order valence-electron chi connectivity index (χ2n) is 18.1. The third-order valence-corrected chi connectivity index (χ3v) is 11.8. The lowest BCUT2D eigenvalue weighted by Gasteiger charge is -2.33. The summed E-state index contributed by atoms with van der Waals surface area (Å²) >= 11 is 0. The van der Waals surface area contributed by atoms with Crippen LogP contribution in [0.3, 0.4) is 0 Å². The number of rotatable bonds is 10. The maximum absolute atomic E-state index is 10.8. The molecule has 0 amide bonds. The number of aryl methyl sites for hydroxylation is 8. The van der Waals surface area contributed by atoms with Gasteiger partial charge < -0.3 is 19.7 Å². The Balaban J connectivity index is 1.45. The van der Waals surface area contributed by atoms with Gasteiger partial charge in [-0.25, -0.2) is 0 Å². The predicted molar refractivity (Wildman–Crippen MR) is 230 cm³/mol. The number of nitrogens with zero attached hydrogens (tertiary/aromatic N) is 1. The van der Waals surface area contributed by atoms with Crippen molar-refractivity contribution < 1.29 is 19.7 Å². The summed E-state index contributed by atoms with van der Waals surface area (Å²) in [5.41, 5.74) is 12.8. The Morgan fingerprint density at radius 3 is 1.27 bits per heavy atom. The smallest absolute Gasteiger partial charge is 0.149 e. The molecule has 5 aromatic carbocycles.